The van der Waals surface area contributed by atoms with Crippen molar-refractivity contribution in [2.24, 2.45) is 0 Å². The maximum Gasteiger partial charge on any atom is 0.250 e. The molecule has 1 aromatic rings. The van der Waals surface area contributed by atoms with Crippen LogP contribution < -0.4 is 5.56 Å². The van der Waals surface area contributed by atoms with Gasteiger partial charge in [0.15, 0.2) is 6.17 Å². The van der Waals surface area contributed by atoms with E-state index in [1.54, 1.807) is 0 Å². The van der Waals surface area contributed by atoms with Crippen LogP contribution in [-0.4, -0.2) is 40.2 Å². The molecule has 1 aliphatic rings. The van der Waals surface area contributed by atoms with Crippen LogP contribution in [0, 0.1) is 5.82 Å². The first-order valence-corrected chi connectivity index (χ1v) is 5.01. The minimum atomic E-state index is -1.85. The summed E-state index contributed by atoms with van der Waals surface area (Å²) in [5.74, 6) is -0.910. The van der Waals surface area contributed by atoms with Crippen LogP contribution >= 0.6 is 0 Å². The molecule has 2 heterocycles. The molecule has 3 N–H and O–H groups in total. The van der Waals surface area contributed by atoms with Crippen LogP contribution in [0.5, 0.6) is 0 Å². The summed E-state index contributed by atoms with van der Waals surface area (Å²) in [5.41, 5.74) is -0.842. The number of rotatable bonds is 2. The van der Waals surface area contributed by atoms with E-state index in [0.29, 0.717) is 6.07 Å². The fourth-order valence-electron chi connectivity index (χ4n) is 1.80. The number of ether oxygens (including phenoxy) is 1. The average molecular weight is 247 g/mol. The molecule has 0 bridgehead atoms. The van der Waals surface area contributed by atoms with Crippen LogP contribution in [0.25, 0.3) is 0 Å². The van der Waals surface area contributed by atoms with Gasteiger partial charge in [0.2, 0.25) is 0 Å². The smallest absolute Gasteiger partial charge is 0.250 e. The van der Waals surface area contributed by atoms with Crippen LogP contribution in [0.3, 0.4) is 0 Å². The predicted octanol–water partition coefficient (Wildman–Crippen LogP) is -0.355. The molecule has 0 spiro atoms. The standard InChI is InChI=1S/C10H11F2NO4/c11-5-1-7(15)13-2-4(5)10-8(12)9(16)6(3-14)17-10/h1-2,6,8-10,14,16H,3H2,(H,13,15)/t6-,8?,9?,10+/m1/s1. The summed E-state index contributed by atoms with van der Waals surface area (Å²) in [5, 5.41) is 18.2. The number of alkyl halides is 1. The largest absolute Gasteiger partial charge is 0.394 e. The minimum Gasteiger partial charge on any atom is -0.394 e. The molecule has 1 fully saturated rings. The number of nitrogens with one attached hydrogen (secondary N) is 1. The molecule has 1 aromatic heterocycles. The second-order valence-corrected chi connectivity index (χ2v) is 3.81. The zero-order chi connectivity index (χ0) is 12.6. The van der Waals surface area contributed by atoms with Crippen molar-refractivity contribution in [1.82, 2.24) is 4.98 Å². The van der Waals surface area contributed by atoms with Crippen molar-refractivity contribution in [2.75, 3.05) is 6.61 Å². The van der Waals surface area contributed by atoms with Gasteiger partial charge in [-0.15, -0.1) is 0 Å². The van der Waals surface area contributed by atoms with Crippen molar-refractivity contribution in [3.63, 3.8) is 0 Å². The van der Waals surface area contributed by atoms with Gasteiger partial charge in [0.1, 0.15) is 24.1 Å². The Morgan fingerprint density at radius 3 is 2.76 bits per heavy atom. The lowest BCUT2D eigenvalue weighted by Gasteiger charge is -2.13. The number of hydrogen-bond donors (Lipinski definition) is 3. The van der Waals surface area contributed by atoms with E-state index in [2.05, 4.69) is 4.98 Å². The summed E-state index contributed by atoms with van der Waals surface area (Å²) < 4.78 is 32.1. The molecule has 1 saturated heterocycles. The first-order chi connectivity index (χ1) is 8.04. The molecule has 7 heteroatoms. The quantitative estimate of drug-likeness (QED) is 0.667. The van der Waals surface area contributed by atoms with Crippen LogP contribution in [0.1, 0.15) is 11.7 Å². The minimum absolute atomic E-state index is 0.188. The van der Waals surface area contributed by atoms with Gasteiger partial charge in [-0.05, 0) is 0 Å². The van der Waals surface area contributed by atoms with Gasteiger partial charge in [-0.25, -0.2) is 8.78 Å². The number of hydrogen-bond acceptors (Lipinski definition) is 4. The number of aliphatic hydroxyl groups is 2. The number of pyridine rings is 1. The molecule has 1 aliphatic heterocycles. The molecule has 4 atom stereocenters. The SMILES string of the molecule is O=c1cc(F)c([C@@H]2O[C@H](CO)C(O)C2F)c[nH]1. The van der Waals surface area contributed by atoms with Gasteiger partial charge in [0.25, 0.3) is 5.56 Å². The van der Waals surface area contributed by atoms with Gasteiger partial charge < -0.3 is 19.9 Å². The van der Waals surface area contributed by atoms with Gasteiger partial charge >= 0.3 is 0 Å². The third kappa shape index (κ3) is 2.08. The topological polar surface area (TPSA) is 82.6 Å². The van der Waals surface area contributed by atoms with Crippen LogP contribution in [0.2, 0.25) is 0 Å². The first-order valence-electron chi connectivity index (χ1n) is 5.01. The van der Waals surface area contributed by atoms with Gasteiger partial charge in [0.05, 0.1) is 6.61 Å². The molecule has 0 radical (unpaired) electrons. The number of aromatic amines is 1. The number of halogens is 2. The molecule has 94 valence electrons. The van der Waals surface area contributed by atoms with Crippen molar-refractivity contribution in [2.45, 2.75) is 24.5 Å². The van der Waals surface area contributed by atoms with E-state index in [1.165, 1.54) is 0 Å². The van der Waals surface area contributed by atoms with Crippen LogP contribution in [-0.2, 0) is 4.74 Å². The third-order valence-corrected chi connectivity index (χ3v) is 2.71. The summed E-state index contributed by atoms with van der Waals surface area (Å²) in [6, 6.07) is 0.671. The average Bonchev–Trinajstić information content (AvgIpc) is 2.57. The lowest BCUT2D eigenvalue weighted by Crippen LogP contribution is -2.30. The Morgan fingerprint density at radius 1 is 1.53 bits per heavy atom. The molecule has 0 saturated carbocycles. The lowest BCUT2D eigenvalue weighted by molar-refractivity contribution is -0.0235. The van der Waals surface area contributed by atoms with E-state index < -0.39 is 42.5 Å². The summed E-state index contributed by atoms with van der Waals surface area (Å²) >= 11 is 0. The predicted molar refractivity (Wildman–Crippen MR) is 52.6 cm³/mol. The fourth-order valence-corrected chi connectivity index (χ4v) is 1.80. The first kappa shape index (κ1) is 12.2. The highest BCUT2D eigenvalue weighted by Crippen LogP contribution is 2.35. The van der Waals surface area contributed by atoms with E-state index in [1.807, 2.05) is 0 Å². The molecule has 0 aromatic carbocycles. The zero-order valence-electron chi connectivity index (χ0n) is 8.64. The normalized spacial score (nSPS) is 32.9. The lowest BCUT2D eigenvalue weighted by atomic mass is 10.0. The molecular weight excluding hydrogens is 236 g/mol. The van der Waals surface area contributed by atoms with Crippen molar-refractivity contribution in [1.29, 1.82) is 0 Å². The van der Waals surface area contributed by atoms with Crippen molar-refractivity contribution < 1.29 is 23.7 Å². The van der Waals surface area contributed by atoms with Gasteiger partial charge in [-0.1, -0.05) is 0 Å². The third-order valence-electron chi connectivity index (χ3n) is 2.71. The summed E-state index contributed by atoms with van der Waals surface area (Å²) in [6.07, 6.45) is -4.80. The van der Waals surface area contributed by atoms with E-state index >= 15 is 0 Å². The summed E-state index contributed by atoms with van der Waals surface area (Å²) in [4.78, 5) is 13.0. The molecule has 17 heavy (non-hydrogen) atoms. The monoisotopic (exact) mass is 247 g/mol. The van der Waals surface area contributed by atoms with E-state index in [-0.39, 0.29) is 5.56 Å². The molecular formula is C10H11F2NO4. The van der Waals surface area contributed by atoms with Gasteiger partial charge in [-0.3, -0.25) is 4.79 Å². The Kier molecular flexibility index (Phi) is 3.23. The Labute approximate surface area is 94.7 Å². The molecule has 0 amide bonds. The molecule has 2 rings (SSSR count). The second-order valence-electron chi connectivity index (χ2n) is 3.81. The number of aliphatic hydroxyl groups excluding tert-OH is 2. The fraction of sp³-hybridized carbons (Fsp3) is 0.500. The maximum absolute atomic E-state index is 13.6. The summed E-state index contributed by atoms with van der Waals surface area (Å²) in [6.45, 7) is -0.566. The van der Waals surface area contributed by atoms with Crippen molar-refractivity contribution in [3.8, 4) is 0 Å². The highest BCUT2D eigenvalue weighted by Gasteiger charge is 2.45. The Morgan fingerprint density at radius 2 is 2.24 bits per heavy atom. The molecule has 0 aliphatic carbocycles. The zero-order valence-corrected chi connectivity index (χ0v) is 8.64. The Bertz CT molecular complexity index is 464. The van der Waals surface area contributed by atoms with Gasteiger partial charge in [-0.2, -0.15) is 0 Å². The van der Waals surface area contributed by atoms with Crippen LogP contribution in [0.15, 0.2) is 17.1 Å². The van der Waals surface area contributed by atoms with E-state index in [0.717, 1.165) is 6.20 Å². The second kappa shape index (κ2) is 4.52. The van der Waals surface area contributed by atoms with Crippen molar-refractivity contribution in [3.05, 3.63) is 34.0 Å². The van der Waals surface area contributed by atoms with Crippen molar-refractivity contribution >= 4 is 0 Å². The van der Waals surface area contributed by atoms with E-state index in [4.69, 9.17) is 9.84 Å². The van der Waals surface area contributed by atoms with Gasteiger partial charge in [0, 0.05) is 17.8 Å². The number of H-pyrrole nitrogens is 1. The van der Waals surface area contributed by atoms with Crippen LogP contribution in [0.4, 0.5) is 8.78 Å². The highest BCUT2D eigenvalue weighted by molar-refractivity contribution is 5.19. The Hall–Kier alpha value is -1.31. The van der Waals surface area contributed by atoms with E-state index in [9.17, 15) is 18.7 Å². The summed E-state index contributed by atoms with van der Waals surface area (Å²) in [7, 11) is 0. The maximum atomic E-state index is 13.6. The highest BCUT2D eigenvalue weighted by atomic mass is 19.1. The Balaban J connectivity index is 2.32. The number of aromatic nitrogens is 1. The molecule has 5 nitrogen and oxygen atoms in total. The molecule has 2 unspecified atom stereocenters.